The highest BCUT2D eigenvalue weighted by atomic mass is 16.5. The van der Waals surface area contributed by atoms with Crippen molar-refractivity contribution in [3.63, 3.8) is 0 Å². The molecule has 4 nitrogen and oxygen atoms in total. The predicted octanol–water partition coefficient (Wildman–Crippen LogP) is 7.41. The number of nitrogens with zero attached hydrogens (tertiary/aromatic N) is 2. The standard InChI is InChI=1S/C27H37N3O/c1-6-9-10-11-21(7-2)22-12-14-23(15-13-22)25-17-16-24(28)19-26(25)31-27(30-8-3)18-20(4)29-5/h12-19,21H,5-11,28H2,1-4H3/b20-18-,30-27+. The molecule has 166 valence electrons. The summed E-state index contributed by atoms with van der Waals surface area (Å²) in [7, 11) is 0. The molecule has 2 aromatic rings. The third kappa shape index (κ3) is 7.39. The molecule has 0 aliphatic heterocycles. The minimum Gasteiger partial charge on any atom is -0.439 e. The van der Waals surface area contributed by atoms with Gasteiger partial charge in [0.05, 0.1) is 0 Å². The van der Waals surface area contributed by atoms with E-state index in [2.05, 4.69) is 54.8 Å². The van der Waals surface area contributed by atoms with Crippen LogP contribution < -0.4 is 10.5 Å². The SMILES string of the molecule is C=N/C(C)=C\C(=N/CC)Oc1cc(N)ccc1-c1ccc(C(CC)CCCCC)cc1. The van der Waals surface area contributed by atoms with Gasteiger partial charge in [0.1, 0.15) is 5.75 Å². The summed E-state index contributed by atoms with van der Waals surface area (Å²) in [5.74, 6) is 1.80. The van der Waals surface area contributed by atoms with Gasteiger partial charge in [-0.1, -0.05) is 57.4 Å². The second-order valence-corrected chi connectivity index (χ2v) is 7.84. The Labute approximate surface area is 188 Å². The molecule has 2 aromatic carbocycles. The Morgan fingerprint density at radius 1 is 1.10 bits per heavy atom. The van der Waals surface area contributed by atoms with Gasteiger partial charge in [0.15, 0.2) is 0 Å². The first kappa shape index (κ1) is 24.4. The summed E-state index contributed by atoms with van der Waals surface area (Å²) in [6.45, 7) is 12.5. The van der Waals surface area contributed by atoms with Crippen LogP contribution in [0, 0.1) is 0 Å². The highest BCUT2D eigenvalue weighted by Crippen LogP contribution is 2.34. The highest BCUT2D eigenvalue weighted by molar-refractivity contribution is 5.91. The lowest BCUT2D eigenvalue weighted by Crippen LogP contribution is -2.08. The van der Waals surface area contributed by atoms with Gasteiger partial charge in [-0.25, -0.2) is 0 Å². The lowest BCUT2D eigenvalue weighted by atomic mass is 9.90. The fourth-order valence-electron chi connectivity index (χ4n) is 3.64. The lowest BCUT2D eigenvalue weighted by Gasteiger charge is -2.17. The minimum atomic E-state index is 0.498. The molecule has 4 heteroatoms. The van der Waals surface area contributed by atoms with E-state index in [9.17, 15) is 0 Å². The van der Waals surface area contributed by atoms with Gasteiger partial charge in [-0.15, -0.1) is 0 Å². The van der Waals surface area contributed by atoms with Crippen LogP contribution in [-0.4, -0.2) is 19.2 Å². The third-order valence-corrected chi connectivity index (χ3v) is 5.46. The Kier molecular flexibility index (Phi) is 10.0. The van der Waals surface area contributed by atoms with E-state index < -0.39 is 0 Å². The van der Waals surface area contributed by atoms with E-state index in [1.807, 2.05) is 32.0 Å². The predicted molar refractivity (Wildman–Crippen MR) is 135 cm³/mol. The summed E-state index contributed by atoms with van der Waals surface area (Å²) in [5.41, 5.74) is 10.9. The average molecular weight is 420 g/mol. The van der Waals surface area contributed by atoms with Crippen LogP contribution >= 0.6 is 0 Å². The minimum absolute atomic E-state index is 0.498. The molecule has 0 spiro atoms. The van der Waals surface area contributed by atoms with Crippen LogP contribution in [0.2, 0.25) is 0 Å². The molecular weight excluding hydrogens is 382 g/mol. The number of hydrogen-bond acceptors (Lipinski definition) is 4. The molecule has 0 saturated heterocycles. The first-order chi connectivity index (χ1) is 15.0. The van der Waals surface area contributed by atoms with Crippen molar-refractivity contribution in [2.45, 2.75) is 65.7 Å². The van der Waals surface area contributed by atoms with Crippen LogP contribution in [0.4, 0.5) is 5.69 Å². The Morgan fingerprint density at radius 2 is 1.84 bits per heavy atom. The number of unbranched alkanes of at least 4 members (excludes halogenated alkanes) is 2. The fourth-order valence-corrected chi connectivity index (χ4v) is 3.64. The van der Waals surface area contributed by atoms with Crippen LogP contribution in [0.5, 0.6) is 5.75 Å². The largest absolute Gasteiger partial charge is 0.439 e. The molecule has 0 bridgehead atoms. The molecule has 0 aliphatic carbocycles. The van der Waals surface area contributed by atoms with Crippen molar-refractivity contribution < 1.29 is 4.74 Å². The Bertz CT molecular complexity index is 897. The van der Waals surface area contributed by atoms with E-state index in [1.165, 1.54) is 37.7 Å². The smallest absolute Gasteiger partial charge is 0.216 e. The van der Waals surface area contributed by atoms with Crippen LogP contribution in [0.25, 0.3) is 11.1 Å². The van der Waals surface area contributed by atoms with Gasteiger partial charge in [0.2, 0.25) is 5.90 Å². The average Bonchev–Trinajstić information content (AvgIpc) is 2.77. The number of nitrogens with two attached hydrogens (primary N) is 1. The van der Waals surface area contributed by atoms with Crippen molar-refractivity contribution in [2.24, 2.45) is 9.98 Å². The summed E-state index contributed by atoms with van der Waals surface area (Å²) < 4.78 is 6.16. The zero-order valence-electron chi connectivity index (χ0n) is 19.5. The lowest BCUT2D eigenvalue weighted by molar-refractivity contribution is 0.552. The number of rotatable bonds is 11. The summed E-state index contributed by atoms with van der Waals surface area (Å²) in [6.07, 6.45) is 8.06. The number of allylic oxidation sites excluding steroid dienone is 1. The van der Waals surface area contributed by atoms with Gasteiger partial charge in [0.25, 0.3) is 0 Å². The number of aliphatic imine (C=N–C) groups is 2. The van der Waals surface area contributed by atoms with Gasteiger partial charge >= 0.3 is 0 Å². The van der Waals surface area contributed by atoms with E-state index >= 15 is 0 Å². The van der Waals surface area contributed by atoms with Gasteiger partial charge < -0.3 is 10.5 Å². The van der Waals surface area contributed by atoms with Crippen molar-refractivity contribution in [3.8, 4) is 16.9 Å². The van der Waals surface area contributed by atoms with Crippen molar-refractivity contribution in [1.82, 2.24) is 0 Å². The van der Waals surface area contributed by atoms with Crippen molar-refractivity contribution >= 4 is 18.3 Å². The molecule has 0 aromatic heterocycles. The Morgan fingerprint density at radius 3 is 2.45 bits per heavy atom. The fraction of sp³-hybridized carbons (Fsp3) is 0.407. The summed E-state index contributed by atoms with van der Waals surface area (Å²) in [6, 6.07) is 14.6. The van der Waals surface area contributed by atoms with Crippen LogP contribution in [-0.2, 0) is 0 Å². The van der Waals surface area contributed by atoms with Gasteiger partial charge in [-0.05, 0) is 62.6 Å². The van der Waals surface area contributed by atoms with Crippen molar-refractivity contribution in [3.05, 3.63) is 59.8 Å². The molecule has 0 heterocycles. The number of benzene rings is 2. The Balaban J connectivity index is 2.32. The van der Waals surface area contributed by atoms with Crippen LogP contribution in [0.1, 0.15) is 71.3 Å². The highest BCUT2D eigenvalue weighted by Gasteiger charge is 2.13. The quantitative estimate of drug-likeness (QED) is 0.178. The molecule has 0 aliphatic rings. The third-order valence-electron chi connectivity index (χ3n) is 5.46. The summed E-state index contributed by atoms with van der Waals surface area (Å²) >= 11 is 0. The van der Waals surface area contributed by atoms with Gasteiger partial charge in [0, 0.05) is 35.6 Å². The van der Waals surface area contributed by atoms with Crippen molar-refractivity contribution in [1.29, 1.82) is 0 Å². The second kappa shape index (κ2) is 12.7. The molecule has 1 unspecified atom stereocenters. The molecule has 0 fully saturated rings. The zero-order chi connectivity index (χ0) is 22.6. The topological polar surface area (TPSA) is 60.0 Å². The second-order valence-electron chi connectivity index (χ2n) is 7.84. The van der Waals surface area contributed by atoms with E-state index in [0.717, 1.165) is 16.8 Å². The number of anilines is 1. The maximum absolute atomic E-state index is 6.16. The molecule has 31 heavy (non-hydrogen) atoms. The summed E-state index contributed by atoms with van der Waals surface area (Å²) in [4.78, 5) is 8.38. The Hall–Kier alpha value is -2.88. The van der Waals surface area contributed by atoms with E-state index in [4.69, 9.17) is 10.5 Å². The molecule has 0 amide bonds. The molecule has 0 saturated carbocycles. The molecule has 2 rings (SSSR count). The van der Waals surface area contributed by atoms with Crippen LogP contribution in [0.15, 0.2) is 64.2 Å². The molecule has 0 radical (unpaired) electrons. The van der Waals surface area contributed by atoms with Gasteiger partial charge in [-0.3, -0.25) is 9.98 Å². The van der Waals surface area contributed by atoms with E-state index in [-0.39, 0.29) is 0 Å². The number of ether oxygens (including phenoxy) is 1. The molecule has 2 N–H and O–H groups in total. The summed E-state index contributed by atoms with van der Waals surface area (Å²) in [5, 5.41) is 0. The maximum Gasteiger partial charge on any atom is 0.216 e. The van der Waals surface area contributed by atoms with E-state index in [0.29, 0.717) is 29.8 Å². The monoisotopic (exact) mass is 419 g/mol. The zero-order valence-corrected chi connectivity index (χ0v) is 19.5. The number of nitrogen functional groups attached to an aromatic ring is 1. The molecular formula is C27H37N3O. The first-order valence-corrected chi connectivity index (χ1v) is 11.4. The normalized spacial score (nSPS) is 13.2. The number of hydrogen-bond donors (Lipinski definition) is 1. The molecule has 1 atom stereocenters. The van der Waals surface area contributed by atoms with E-state index in [1.54, 1.807) is 6.08 Å². The van der Waals surface area contributed by atoms with Gasteiger partial charge in [-0.2, -0.15) is 0 Å². The first-order valence-electron chi connectivity index (χ1n) is 11.4. The van der Waals surface area contributed by atoms with Crippen molar-refractivity contribution in [2.75, 3.05) is 12.3 Å². The maximum atomic E-state index is 6.16. The van der Waals surface area contributed by atoms with Crippen LogP contribution in [0.3, 0.4) is 0 Å².